The van der Waals surface area contributed by atoms with Gasteiger partial charge in [-0.15, -0.1) is 11.3 Å². The normalized spacial score (nSPS) is 22.2. The van der Waals surface area contributed by atoms with Gasteiger partial charge in [0.15, 0.2) is 0 Å². The standard InChI is InChI=1S/C18H24N4OS/c23-18(13-21-11-3-7-15(21)16-8-4-12-24-16)20-17-9-10-19-22(17)14-5-1-2-6-14/h4,8-10,12,14-15H,1-3,5-7,11,13H2,(H,20,23). The number of hydrogen-bond acceptors (Lipinski definition) is 4. The molecule has 24 heavy (non-hydrogen) atoms. The first kappa shape index (κ1) is 15.8. The van der Waals surface area contributed by atoms with Crippen LogP contribution in [0.5, 0.6) is 0 Å². The first-order chi connectivity index (χ1) is 11.8. The molecular weight excluding hydrogens is 320 g/mol. The molecule has 1 atom stereocenters. The number of aromatic nitrogens is 2. The van der Waals surface area contributed by atoms with Gasteiger partial charge in [0.25, 0.3) is 0 Å². The lowest BCUT2D eigenvalue weighted by Crippen LogP contribution is -2.33. The van der Waals surface area contributed by atoms with Crippen LogP contribution in [0.15, 0.2) is 29.8 Å². The molecule has 2 aromatic heterocycles. The van der Waals surface area contributed by atoms with Crippen molar-refractivity contribution in [1.29, 1.82) is 0 Å². The molecular formula is C18H24N4OS. The minimum Gasteiger partial charge on any atom is -0.310 e. The molecule has 0 radical (unpaired) electrons. The van der Waals surface area contributed by atoms with Crippen LogP contribution in [0.1, 0.15) is 55.5 Å². The first-order valence-corrected chi connectivity index (χ1v) is 9.80. The van der Waals surface area contributed by atoms with Crippen molar-refractivity contribution in [2.75, 3.05) is 18.4 Å². The Morgan fingerprint density at radius 1 is 1.25 bits per heavy atom. The summed E-state index contributed by atoms with van der Waals surface area (Å²) in [5.74, 6) is 0.914. The van der Waals surface area contributed by atoms with E-state index in [0.717, 1.165) is 38.0 Å². The lowest BCUT2D eigenvalue weighted by atomic mass is 10.2. The zero-order chi connectivity index (χ0) is 16.4. The first-order valence-electron chi connectivity index (χ1n) is 8.92. The van der Waals surface area contributed by atoms with E-state index < -0.39 is 0 Å². The number of nitrogens with zero attached hydrogens (tertiary/aromatic N) is 3. The van der Waals surface area contributed by atoms with Gasteiger partial charge in [-0.05, 0) is 43.7 Å². The molecule has 0 aromatic carbocycles. The maximum Gasteiger partial charge on any atom is 0.239 e. The molecule has 1 amide bonds. The van der Waals surface area contributed by atoms with Gasteiger partial charge < -0.3 is 5.32 Å². The second-order valence-corrected chi connectivity index (χ2v) is 7.77. The molecule has 1 aliphatic heterocycles. The summed E-state index contributed by atoms with van der Waals surface area (Å²) in [7, 11) is 0. The van der Waals surface area contributed by atoms with Gasteiger partial charge in [-0.1, -0.05) is 18.9 Å². The Morgan fingerprint density at radius 3 is 2.92 bits per heavy atom. The minimum absolute atomic E-state index is 0.0678. The molecule has 1 N–H and O–H groups in total. The second-order valence-electron chi connectivity index (χ2n) is 6.79. The van der Waals surface area contributed by atoms with Crippen molar-refractivity contribution < 1.29 is 4.79 Å². The smallest absolute Gasteiger partial charge is 0.239 e. The van der Waals surface area contributed by atoms with E-state index in [2.05, 4.69) is 32.8 Å². The maximum absolute atomic E-state index is 12.6. The number of amides is 1. The molecule has 128 valence electrons. The number of carbonyl (C=O) groups excluding carboxylic acids is 1. The average molecular weight is 344 g/mol. The van der Waals surface area contributed by atoms with Crippen LogP contribution in [0.25, 0.3) is 0 Å². The highest BCUT2D eigenvalue weighted by atomic mass is 32.1. The highest BCUT2D eigenvalue weighted by molar-refractivity contribution is 7.10. The number of thiophene rings is 1. The molecule has 3 heterocycles. The van der Waals surface area contributed by atoms with Crippen molar-refractivity contribution >= 4 is 23.1 Å². The highest BCUT2D eigenvalue weighted by Crippen LogP contribution is 2.34. The van der Waals surface area contributed by atoms with E-state index in [4.69, 9.17) is 0 Å². The summed E-state index contributed by atoms with van der Waals surface area (Å²) in [4.78, 5) is 16.2. The van der Waals surface area contributed by atoms with E-state index in [9.17, 15) is 4.79 Å². The SMILES string of the molecule is O=C(CN1CCCC1c1cccs1)Nc1ccnn1C1CCCC1. The lowest BCUT2D eigenvalue weighted by molar-refractivity contribution is -0.117. The number of anilines is 1. The van der Waals surface area contributed by atoms with Crippen molar-refractivity contribution in [2.24, 2.45) is 0 Å². The van der Waals surface area contributed by atoms with Gasteiger partial charge in [0, 0.05) is 17.0 Å². The molecule has 6 heteroatoms. The molecule has 2 aromatic rings. The van der Waals surface area contributed by atoms with Crippen LogP contribution in [0.4, 0.5) is 5.82 Å². The quantitative estimate of drug-likeness (QED) is 0.897. The van der Waals surface area contributed by atoms with Gasteiger partial charge in [-0.25, -0.2) is 4.68 Å². The van der Waals surface area contributed by atoms with E-state index >= 15 is 0 Å². The number of hydrogen-bond donors (Lipinski definition) is 1. The third kappa shape index (κ3) is 3.26. The van der Waals surface area contributed by atoms with Crippen molar-refractivity contribution in [1.82, 2.24) is 14.7 Å². The summed E-state index contributed by atoms with van der Waals surface area (Å²) >= 11 is 1.79. The minimum atomic E-state index is 0.0678. The van der Waals surface area contributed by atoms with Crippen LogP contribution in [0.2, 0.25) is 0 Å². The number of nitrogens with one attached hydrogen (secondary N) is 1. The Balaban J connectivity index is 1.39. The van der Waals surface area contributed by atoms with Crippen LogP contribution < -0.4 is 5.32 Å². The van der Waals surface area contributed by atoms with Gasteiger partial charge in [0.1, 0.15) is 5.82 Å². The van der Waals surface area contributed by atoms with Gasteiger partial charge in [-0.3, -0.25) is 9.69 Å². The summed E-state index contributed by atoms with van der Waals surface area (Å²) in [6.45, 7) is 1.45. The van der Waals surface area contributed by atoms with Crippen LogP contribution in [-0.4, -0.2) is 33.7 Å². The Kier molecular flexibility index (Phi) is 4.67. The van der Waals surface area contributed by atoms with E-state index in [0.29, 0.717) is 18.6 Å². The Labute approximate surface area is 146 Å². The fourth-order valence-corrected chi connectivity index (χ4v) is 4.93. The van der Waals surface area contributed by atoms with E-state index in [1.165, 1.54) is 17.7 Å². The maximum atomic E-state index is 12.6. The molecule has 2 fully saturated rings. The van der Waals surface area contributed by atoms with E-state index in [1.807, 2.05) is 10.7 Å². The number of carbonyl (C=O) groups is 1. The fourth-order valence-electron chi connectivity index (χ4n) is 4.04. The second kappa shape index (κ2) is 7.07. The van der Waals surface area contributed by atoms with Crippen molar-refractivity contribution in [2.45, 2.75) is 50.6 Å². The van der Waals surface area contributed by atoms with Gasteiger partial charge in [0.2, 0.25) is 5.91 Å². The molecule has 0 spiro atoms. The van der Waals surface area contributed by atoms with E-state index in [-0.39, 0.29) is 5.91 Å². The molecule has 1 saturated heterocycles. The number of rotatable bonds is 5. The summed E-state index contributed by atoms with van der Waals surface area (Å²) in [6.07, 6.45) is 8.94. The summed E-state index contributed by atoms with van der Waals surface area (Å²) < 4.78 is 2.01. The predicted molar refractivity (Wildman–Crippen MR) is 96.2 cm³/mol. The zero-order valence-electron chi connectivity index (χ0n) is 13.9. The molecule has 0 bridgehead atoms. The molecule has 5 nitrogen and oxygen atoms in total. The van der Waals surface area contributed by atoms with Crippen molar-refractivity contribution in [3.63, 3.8) is 0 Å². The van der Waals surface area contributed by atoms with E-state index in [1.54, 1.807) is 17.5 Å². The van der Waals surface area contributed by atoms with Crippen molar-refractivity contribution in [3.8, 4) is 0 Å². The Hall–Kier alpha value is -1.66. The summed E-state index contributed by atoms with van der Waals surface area (Å²) in [5.41, 5.74) is 0. The molecule has 1 unspecified atom stereocenters. The molecule has 1 saturated carbocycles. The average Bonchev–Trinajstić information content (AvgIpc) is 3.35. The molecule has 2 aliphatic rings. The van der Waals surface area contributed by atoms with Crippen LogP contribution >= 0.6 is 11.3 Å². The Morgan fingerprint density at radius 2 is 2.12 bits per heavy atom. The fraction of sp³-hybridized carbons (Fsp3) is 0.556. The Bertz CT molecular complexity index is 675. The summed E-state index contributed by atoms with van der Waals surface area (Å²) in [5, 5.41) is 9.63. The third-order valence-corrected chi connectivity index (χ3v) is 6.16. The van der Waals surface area contributed by atoms with Crippen LogP contribution in [-0.2, 0) is 4.79 Å². The topological polar surface area (TPSA) is 50.2 Å². The predicted octanol–water partition coefficient (Wildman–Crippen LogP) is 3.84. The lowest BCUT2D eigenvalue weighted by Gasteiger charge is -2.23. The van der Waals surface area contributed by atoms with Crippen LogP contribution in [0, 0.1) is 0 Å². The monoisotopic (exact) mass is 344 g/mol. The molecule has 4 rings (SSSR count). The third-order valence-electron chi connectivity index (χ3n) is 5.19. The van der Waals surface area contributed by atoms with Crippen LogP contribution in [0.3, 0.4) is 0 Å². The summed E-state index contributed by atoms with van der Waals surface area (Å²) in [6, 6.07) is 7.03. The number of likely N-dealkylation sites (tertiary alicyclic amines) is 1. The van der Waals surface area contributed by atoms with Gasteiger partial charge >= 0.3 is 0 Å². The largest absolute Gasteiger partial charge is 0.310 e. The van der Waals surface area contributed by atoms with Gasteiger partial charge in [0.05, 0.1) is 18.8 Å². The molecule has 1 aliphatic carbocycles. The van der Waals surface area contributed by atoms with Gasteiger partial charge in [-0.2, -0.15) is 5.10 Å². The zero-order valence-corrected chi connectivity index (χ0v) is 14.7. The highest BCUT2D eigenvalue weighted by Gasteiger charge is 2.28. The van der Waals surface area contributed by atoms with Crippen molar-refractivity contribution in [3.05, 3.63) is 34.7 Å².